The lowest BCUT2D eigenvalue weighted by atomic mass is 9.92. The molecule has 1 fully saturated rings. The smallest absolute Gasteiger partial charge is 0.327 e. The monoisotopic (exact) mass is 281 g/mol. The number of amides is 2. The van der Waals surface area contributed by atoms with Crippen LogP contribution in [0.4, 0.5) is 10.7 Å². The second-order valence-electron chi connectivity index (χ2n) is 6.06. The van der Waals surface area contributed by atoms with Gasteiger partial charge in [0.15, 0.2) is 0 Å². The average Bonchev–Trinajstić information content (AvgIpc) is 2.82. The molecule has 1 saturated heterocycles. The van der Waals surface area contributed by atoms with Crippen LogP contribution >= 0.6 is 0 Å². The number of esters is 1. The van der Waals surface area contributed by atoms with Crippen molar-refractivity contribution in [3.63, 3.8) is 0 Å². The summed E-state index contributed by atoms with van der Waals surface area (Å²) >= 11 is 0. The van der Waals surface area contributed by atoms with Gasteiger partial charge in [0.25, 0.3) is 0 Å². The fourth-order valence-corrected chi connectivity index (χ4v) is 2.06. The predicted octanol–water partition coefficient (Wildman–Crippen LogP) is 1.78. The first-order valence-corrected chi connectivity index (χ1v) is 6.38. The molecule has 0 spiro atoms. The topological polar surface area (TPSA) is 84.7 Å². The van der Waals surface area contributed by atoms with Gasteiger partial charge in [-0.3, -0.25) is 4.79 Å². The summed E-state index contributed by atoms with van der Waals surface area (Å²) in [6.07, 6.45) is 0. The molecule has 7 heteroatoms. The highest BCUT2D eigenvalue weighted by Crippen LogP contribution is 2.32. The van der Waals surface area contributed by atoms with E-state index in [1.54, 1.807) is 13.0 Å². The van der Waals surface area contributed by atoms with Gasteiger partial charge in [0, 0.05) is 18.4 Å². The Morgan fingerprint density at radius 2 is 2.20 bits per heavy atom. The molecule has 0 bridgehead atoms. The number of nitrogens with zero attached hydrogens (tertiary/aromatic N) is 2. The van der Waals surface area contributed by atoms with Gasteiger partial charge in [-0.2, -0.15) is 0 Å². The normalized spacial score (nSPS) is 22.9. The number of rotatable bonds is 2. The third kappa shape index (κ3) is 2.48. The first-order chi connectivity index (χ1) is 9.13. The number of nitrogens with one attached hydrogen (secondary N) is 1. The molecule has 20 heavy (non-hydrogen) atoms. The van der Waals surface area contributed by atoms with Gasteiger partial charge in [-0.25, -0.2) is 9.69 Å². The predicted molar refractivity (Wildman–Crippen MR) is 71.3 cm³/mol. The first kappa shape index (κ1) is 14.4. The van der Waals surface area contributed by atoms with Crippen molar-refractivity contribution in [1.29, 1.82) is 0 Å². The average molecular weight is 281 g/mol. The molecule has 1 aliphatic heterocycles. The minimum absolute atomic E-state index is 0.191. The van der Waals surface area contributed by atoms with E-state index < -0.39 is 11.7 Å². The highest BCUT2D eigenvalue weighted by Gasteiger charge is 2.47. The first-order valence-electron chi connectivity index (χ1n) is 6.38. The number of ether oxygens (including phenoxy) is 1. The van der Waals surface area contributed by atoms with E-state index in [0.717, 1.165) is 5.69 Å². The number of aromatic nitrogens is 1. The zero-order valence-corrected chi connectivity index (χ0v) is 12.3. The molecule has 1 N–H and O–H groups in total. The minimum Gasteiger partial charge on any atom is -0.437 e. The molecule has 0 aliphatic carbocycles. The number of carbonyl (C=O) groups is 2. The summed E-state index contributed by atoms with van der Waals surface area (Å²) in [6, 6.07) is 1.30. The van der Waals surface area contributed by atoms with Crippen LogP contribution in [-0.2, 0) is 14.9 Å². The maximum atomic E-state index is 12.0. The van der Waals surface area contributed by atoms with Crippen LogP contribution in [0.1, 0.15) is 40.3 Å². The molecule has 0 radical (unpaired) electrons. The third-order valence-electron chi connectivity index (χ3n) is 3.09. The molecule has 2 heterocycles. The van der Waals surface area contributed by atoms with E-state index in [4.69, 9.17) is 9.26 Å². The van der Waals surface area contributed by atoms with E-state index in [1.165, 1.54) is 11.8 Å². The Labute approximate surface area is 117 Å². The Balaban J connectivity index is 2.36. The lowest BCUT2D eigenvalue weighted by Crippen LogP contribution is -2.48. The molecule has 1 aliphatic rings. The molecule has 2 amide bonds. The summed E-state index contributed by atoms with van der Waals surface area (Å²) in [5.74, 6) is -0.210. The molecule has 1 atom stereocenters. The molecule has 0 aromatic carbocycles. The minimum atomic E-state index is -1.11. The van der Waals surface area contributed by atoms with E-state index in [2.05, 4.69) is 10.5 Å². The molecular formula is C13H19N3O4. The van der Waals surface area contributed by atoms with Crippen LogP contribution in [-0.4, -0.2) is 29.4 Å². The van der Waals surface area contributed by atoms with Gasteiger partial charge < -0.3 is 14.6 Å². The van der Waals surface area contributed by atoms with Gasteiger partial charge in [-0.05, 0) is 6.92 Å². The number of hydrogen-bond donors (Lipinski definition) is 1. The Morgan fingerprint density at radius 3 is 2.70 bits per heavy atom. The Morgan fingerprint density at radius 1 is 1.55 bits per heavy atom. The van der Waals surface area contributed by atoms with Crippen molar-refractivity contribution >= 4 is 17.9 Å². The van der Waals surface area contributed by atoms with Gasteiger partial charge >= 0.3 is 12.0 Å². The summed E-state index contributed by atoms with van der Waals surface area (Å²) in [5.41, 5.74) is -0.592. The molecular weight excluding hydrogens is 262 g/mol. The van der Waals surface area contributed by atoms with E-state index >= 15 is 0 Å². The van der Waals surface area contributed by atoms with Crippen LogP contribution < -0.4 is 10.2 Å². The lowest BCUT2D eigenvalue weighted by Gasteiger charge is -2.30. The summed E-state index contributed by atoms with van der Waals surface area (Å²) in [6.45, 7) is 9.10. The molecule has 110 valence electrons. The van der Waals surface area contributed by atoms with E-state index in [1.807, 2.05) is 20.8 Å². The summed E-state index contributed by atoms with van der Waals surface area (Å²) in [7, 11) is 0. The number of hydrogen-bond acceptors (Lipinski definition) is 5. The maximum Gasteiger partial charge on any atom is 0.327 e. The van der Waals surface area contributed by atoms with Crippen molar-refractivity contribution in [3.8, 4) is 0 Å². The number of anilines is 1. The fourth-order valence-electron chi connectivity index (χ4n) is 2.06. The summed E-state index contributed by atoms with van der Waals surface area (Å²) in [4.78, 5) is 24.5. The molecule has 1 aromatic rings. The van der Waals surface area contributed by atoms with Gasteiger partial charge in [-0.1, -0.05) is 25.9 Å². The lowest BCUT2D eigenvalue weighted by molar-refractivity contribution is -0.153. The van der Waals surface area contributed by atoms with Crippen molar-refractivity contribution in [2.24, 2.45) is 0 Å². The SMILES string of the molecule is CC(=O)OC1(C)CNC(=O)N1c1cc(C(C)(C)C)no1. The second-order valence-corrected chi connectivity index (χ2v) is 6.06. The zero-order valence-electron chi connectivity index (χ0n) is 12.3. The van der Waals surface area contributed by atoms with Gasteiger partial charge in [0.05, 0.1) is 12.2 Å². The van der Waals surface area contributed by atoms with Crippen LogP contribution in [0.2, 0.25) is 0 Å². The van der Waals surface area contributed by atoms with Crippen LogP contribution in [0, 0.1) is 0 Å². The van der Waals surface area contributed by atoms with Gasteiger partial charge in [0.1, 0.15) is 0 Å². The molecule has 1 aromatic heterocycles. The maximum absolute atomic E-state index is 12.0. The highest BCUT2D eigenvalue weighted by molar-refractivity contribution is 5.94. The van der Waals surface area contributed by atoms with E-state index in [-0.39, 0.29) is 23.9 Å². The standard InChI is InChI=1S/C13H19N3O4/c1-8(17)19-13(5)7-14-11(18)16(13)10-6-9(15-20-10)12(2,3)4/h6H,7H2,1-5H3,(H,14,18). The largest absolute Gasteiger partial charge is 0.437 e. The molecule has 2 rings (SSSR count). The zero-order chi connectivity index (χ0) is 15.1. The second kappa shape index (κ2) is 4.50. The summed E-state index contributed by atoms with van der Waals surface area (Å²) in [5, 5.41) is 6.61. The number of carbonyl (C=O) groups excluding carboxylic acids is 2. The van der Waals surface area contributed by atoms with Gasteiger partial charge in [0.2, 0.25) is 11.6 Å². The highest BCUT2D eigenvalue weighted by atomic mass is 16.6. The van der Waals surface area contributed by atoms with Crippen LogP contribution in [0.25, 0.3) is 0 Å². The van der Waals surface area contributed by atoms with E-state index in [9.17, 15) is 9.59 Å². The van der Waals surface area contributed by atoms with Gasteiger partial charge in [-0.15, -0.1) is 0 Å². The Hall–Kier alpha value is -2.05. The van der Waals surface area contributed by atoms with Crippen molar-refractivity contribution < 1.29 is 18.8 Å². The van der Waals surface area contributed by atoms with Crippen molar-refractivity contribution in [2.45, 2.75) is 45.8 Å². The Bertz CT molecular complexity index is 546. The summed E-state index contributed by atoms with van der Waals surface area (Å²) < 4.78 is 10.5. The van der Waals surface area contributed by atoms with Crippen LogP contribution in [0.3, 0.4) is 0 Å². The van der Waals surface area contributed by atoms with E-state index in [0.29, 0.717) is 0 Å². The third-order valence-corrected chi connectivity index (χ3v) is 3.09. The van der Waals surface area contributed by atoms with Crippen LogP contribution in [0.15, 0.2) is 10.6 Å². The van der Waals surface area contributed by atoms with Crippen LogP contribution in [0.5, 0.6) is 0 Å². The number of urea groups is 1. The molecule has 7 nitrogen and oxygen atoms in total. The molecule has 0 saturated carbocycles. The van der Waals surface area contributed by atoms with Crippen molar-refractivity contribution in [3.05, 3.63) is 11.8 Å². The quantitative estimate of drug-likeness (QED) is 0.835. The molecule has 1 unspecified atom stereocenters. The van der Waals surface area contributed by atoms with Crippen molar-refractivity contribution in [2.75, 3.05) is 11.4 Å². The van der Waals surface area contributed by atoms with Crippen molar-refractivity contribution in [1.82, 2.24) is 10.5 Å². The fraction of sp³-hybridized carbons (Fsp3) is 0.615. The Kier molecular flexibility index (Phi) is 3.23.